The number of hydrogen-bond acceptors (Lipinski definition) is 2. The van der Waals surface area contributed by atoms with Gasteiger partial charge in [0.05, 0.1) is 0 Å². The van der Waals surface area contributed by atoms with Crippen LogP contribution in [-0.2, 0) is 0 Å². The Balaban J connectivity index is 2.69. The second-order valence-corrected chi connectivity index (χ2v) is 5.26. The first-order chi connectivity index (χ1) is 7.00. The van der Waals surface area contributed by atoms with Crippen LogP contribution in [0.3, 0.4) is 0 Å². The number of nitrogens with two attached hydrogens (primary N) is 1. The molecule has 0 aliphatic heterocycles. The summed E-state index contributed by atoms with van der Waals surface area (Å²) in [7, 11) is 0. The van der Waals surface area contributed by atoms with Gasteiger partial charge in [0.2, 0.25) is 0 Å². The zero-order chi connectivity index (χ0) is 11.4. The van der Waals surface area contributed by atoms with Crippen molar-refractivity contribution < 1.29 is 0 Å². The van der Waals surface area contributed by atoms with Crippen molar-refractivity contribution in [1.82, 2.24) is 5.43 Å². The molecule has 0 heterocycles. The summed E-state index contributed by atoms with van der Waals surface area (Å²) in [6.45, 7) is 6.76. The Hall–Kier alpha value is -0.640. The van der Waals surface area contributed by atoms with Crippen LogP contribution in [0.2, 0.25) is 0 Å². The lowest BCUT2D eigenvalue weighted by Gasteiger charge is -2.30. The van der Waals surface area contributed by atoms with Crippen LogP contribution in [0.25, 0.3) is 0 Å². The minimum atomic E-state index is 0.253. The van der Waals surface area contributed by atoms with Gasteiger partial charge in [0.25, 0.3) is 0 Å². The summed E-state index contributed by atoms with van der Waals surface area (Å²) in [6.07, 6.45) is 3.60. The Morgan fingerprint density at radius 1 is 1.53 bits per heavy atom. The summed E-state index contributed by atoms with van der Waals surface area (Å²) in [6, 6.07) is 0. The molecule has 0 aromatic rings. The standard InChI is InChI=1S/C11H21N3S/c1-7(2)9-5-4-8(3)6-10(9)13-14-11(12)15/h7-9H,4-6H2,1-3H3,(H3,12,14,15)/b13-10+/t8-,9+/m1/s1. The highest BCUT2D eigenvalue weighted by atomic mass is 32.1. The average molecular weight is 227 g/mol. The van der Waals surface area contributed by atoms with E-state index in [1.54, 1.807) is 0 Å². The largest absolute Gasteiger partial charge is 0.375 e. The van der Waals surface area contributed by atoms with Crippen molar-refractivity contribution in [2.75, 3.05) is 0 Å². The predicted octanol–water partition coefficient (Wildman–Crippen LogP) is 2.27. The smallest absolute Gasteiger partial charge is 0.184 e. The summed E-state index contributed by atoms with van der Waals surface area (Å²) >= 11 is 4.76. The third-order valence-corrected chi connectivity index (χ3v) is 3.16. The summed E-state index contributed by atoms with van der Waals surface area (Å²) in [4.78, 5) is 0. The van der Waals surface area contributed by atoms with Crippen molar-refractivity contribution in [3.8, 4) is 0 Å². The van der Waals surface area contributed by atoms with Crippen LogP contribution in [0.4, 0.5) is 0 Å². The fourth-order valence-electron chi connectivity index (χ4n) is 2.21. The molecule has 1 aliphatic rings. The predicted molar refractivity (Wildman–Crippen MR) is 68.7 cm³/mol. The SMILES string of the molecule is CC(C)[C@@H]1CC[C@@H](C)C/C1=N\NC(N)=S. The first kappa shape index (κ1) is 12.4. The molecule has 1 rings (SSSR count). The molecule has 0 saturated heterocycles. The van der Waals surface area contributed by atoms with Gasteiger partial charge in [0.1, 0.15) is 0 Å². The molecule has 0 amide bonds. The molecule has 1 saturated carbocycles. The van der Waals surface area contributed by atoms with E-state index in [9.17, 15) is 0 Å². The highest BCUT2D eigenvalue weighted by molar-refractivity contribution is 7.80. The van der Waals surface area contributed by atoms with Crippen molar-refractivity contribution in [2.24, 2.45) is 28.6 Å². The topological polar surface area (TPSA) is 50.4 Å². The summed E-state index contributed by atoms with van der Waals surface area (Å²) in [5.41, 5.74) is 9.33. The van der Waals surface area contributed by atoms with Gasteiger partial charge < -0.3 is 5.73 Å². The fraction of sp³-hybridized carbons (Fsp3) is 0.818. The van der Waals surface area contributed by atoms with E-state index < -0.39 is 0 Å². The van der Waals surface area contributed by atoms with E-state index in [1.165, 1.54) is 18.6 Å². The molecule has 2 atom stereocenters. The Kier molecular flexibility index (Phi) is 4.51. The van der Waals surface area contributed by atoms with Crippen LogP contribution in [0.15, 0.2) is 5.10 Å². The number of rotatable bonds is 2. The molecule has 0 aromatic heterocycles. The molecule has 0 aromatic carbocycles. The second kappa shape index (κ2) is 5.45. The van der Waals surface area contributed by atoms with E-state index in [-0.39, 0.29) is 5.11 Å². The molecule has 0 spiro atoms. The zero-order valence-electron chi connectivity index (χ0n) is 9.79. The van der Waals surface area contributed by atoms with Crippen molar-refractivity contribution in [3.05, 3.63) is 0 Å². The fourth-order valence-corrected chi connectivity index (χ4v) is 2.26. The van der Waals surface area contributed by atoms with Crippen molar-refractivity contribution in [1.29, 1.82) is 0 Å². The molecule has 4 heteroatoms. The third-order valence-electron chi connectivity index (χ3n) is 3.07. The molecule has 3 N–H and O–H groups in total. The lowest BCUT2D eigenvalue weighted by atomic mass is 9.76. The van der Waals surface area contributed by atoms with Gasteiger partial charge in [-0.1, -0.05) is 20.8 Å². The summed E-state index contributed by atoms with van der Waals surface area (Å²) < 4.78 is 0. The zero-order valence-corrected chi connectivity index (χ0v) is 10.6. The quantitative estimate of drug-likeness (QED) is 0.562. The van der Waals surface area contributed by atoms with Crippen LogP contribution in [0.5, 0.6) is 0 Å². The van der Waals surface area contributed by atoms with Crippen LogP contribution in [0, 0.1) is 17.8 Å². The van der Waals surface area contributed by atoms with Gasteiger partial charge in [-0.25, -0.2) is 0 Å². The molecular formula is C11H21N3S. The highest BCUT2D eigenvalue weighted by Crippen LogP contribution is 2.30. The Morgan fingerprint density at radius 3 is 2.73 bits per heavy atom. The average Bonchev–Trinajstić information content (AvgIpc) is 2.14. The maximum atomic E-state index is 5.38. The van der Waals surface area contributed by atoms with Crippen molar-refractivity contribution >= 4 is 23.0 Å². The van der Waals surface area contributed by atoms with Crippen molar-refractivity contribution in [3.63, 3.8) is 0 Å². The minimum Gasteiger partial charge on any atom is -0.375 e. The van der Waals surface area contributed by atoms with E-state index in [0.717, 1.165) is 12.3 Å². The van der Waals surface area contributed by atoms with Gasteiger partial charge >= 0.3 is 0 Å². The van der Waals surface area contributed by atoms with E-state index in [2.05, 4.69) is 31.3 Å². The third kappa shape index (κ3) is 3.78. The van der Waals surface area contributed by atoms with Gasteiger partial charge in [-0.3, -0.25) is 5.43 Å². The van der Waals surface area contributed by atoms with Crippen LogP contribution in [0.1, 0.15) is 40.0 Å². The Labute approximate surface area is 97.5 Å². The van der Waals surface area contributed by atoms with Gasteiger partial charge in [-0.05, 0) is 43.3 Å². The molecule has 0 unspecified atom stereocenters. The Bertz CT molecular complexity index is 261. The van der Waals surface area contributed by atoms with E-state index in [0.29, 0.717) is 11.8 Å². The molecule has 1 fully saturated rings. The maximum Gasteiger partial charge on any atom is 0.184 e. The summed E-state index contributed by atoms with van der Waals surface area (Å²) in [5, 5.41) is 4.59. The molecule has 15 heavy (non-hydrogen) atoms. The molecular weight excluding hydrogens is 206 g/mol. The molecule has 3 nitrogen and oxygen atoms in total. The van der Waals surface area contributed by atoms with Crippen LogP contribution < -0.4 is 11.2 Å². The molecule has 1 aliphatic carbocycles. The highest BCUT2D eigenvalue weighted by Gasteiger charge is 2.26. The molecule has 0 bridgehead atoms. The minimum absolute atomic E-state index is 0.253. The summed E-state index contributed by atoms with van der Waals surface area (Å²) in [5.74, 6) is 1.96. The van der Waals surface area contributed by atoms with E-state index in [4.69, 9.17) is 18.0 Å². The van der Waals surface area contributed by atoms with Crippen LogP contribution >= 0.6 is 12.2 Å². The number of nitrogens with zero attached hydrogens (tertiary/aromatic N) is 1. The normalized spacial score (nSPS) is 29.5. The lowest BCUT2D eigenvalue weighted by Crippen LogP contribution is -2.32. The van der Waals surface area contributed by atoms with E-state index >= 15 is 0 Å². The Morgan fingerprint density at radius 2 is 2.20 bits per heavy atom. The van der Waals surface area contributed by atoms with Gasteiger partial charge in [-0.2, -0.15) is 5.10 Å². The number of hydrogen-bond donors (Lipinski definition) is 2. The molecule has 86 valence electrons. The first-order valence-corrected chi connectivity index (χ1v) is 6.03. The monoisotopic (exact) mass is 227 g/mol. The molecule has 0 radical (unpaired) electrons. The van der Waals surface area contributed by atoms with Crippen molar-refractivity contribution in [2.45, 2.75) is 40.0 Å². The lowest BCUT2D eigenvalue weighted by molar-refractivity contribution is 0.363. The van der Waals surface area contributed by atoms with Gasteiger partial charge in [0.15, 0.2) is 5.11 Å². The number of nitrogens with one attached hydrogen (secondary N) is 1. The van der Waals surface area contributed by atoms with E-state index in [1.807, 2.05) is 0 Å². The first-order valence-electron chi connectivity index (χ1n) is 5.62. The van der Waals surface area contributed by atoms with Crippen LogP contribution in [-0.4, -0.2) is 10.8 Å². The number of thiocarbonyl (C=S) groups is 1. The second-order valence-electron chi connectivity index (χ2n) is 4.82. The van der Waals surface area contributed by atoms with Gasteiger partial charge in [-0.15, -0.1) is 0 Å². The van der Waals surface area contributed by atoms with Gasteiger partial charge in [0, 0.05) is 11.6 Å². The number of hydrazone groups is 1. The maximum absolute atomic E-state index is 5.38.